The summed E-state index contributed by atoms with van der Waals surface area (Å²) in [6.45, 7) is 2.73. The number of methoxy groups -OCH3 is 1. The summed E-state index contributed by atoms with van der Waals surface area (Å²) in [6.07, 6.45) is 6.52. The molecule has 1 aromatic carbocycles. The standard InChI is InChI=1S/C18H27NO3/c1-3-15(22-17-12-8-7-11-16(17)21-2)18(20)19-13-14-9-5-4-6-10-14/h7-8,11-12,14-15H,3-6,9-10,13H2,1-2H3,(H,19,20). The van der Waals surface area contributed by atoms with Crippen LogP contribution in [0.15, 0.2) is 24.3 Å². The Bertz CT molecular complexity index is 469. The zero-order valence-corrected chi connectivity index (χ0v) is 13.6. The molecule has 0 spiro atoms. The molecule has 0 saturated heterocycles. The normalized spacial score (nSPS) is 16.8. The van der Waals surface area contributed by atoms with E-state index in [2.05, 4.69) is 5.32 Å². The van der Waals surface area contributed by atoms with Gasteiger partial charge in [-0.15, -0.1) is 0 Å². The molecule has 0 radical (unpaired) electrons. The molecule has 2 rings (SSSR count). The number of hydrogen-bond acceptors (Lipinski definition) is 3. The Labute approximate surface area is 133 Å². The minimum atomic E-state index is -0.472. The van der Waals surface area contributed by atoms with Crippen molar-refractivity contribution < 1.29 is 14.3 Å². The van der Waals surface area contributed by atoms with Gasteiger partial charge in [-0.1, -0.05) is 38.3 Å². The monoisotopic (exact) mass is 305 g/mol. The Morgan fingerprint density at radius 3 is 2.55 bits per heavy atom. The Morgan fingerprint density at radius 2 is 1.91 bits per heavy atom. The number of carbonyl (C=O) groups is 1. The van der Waals surface area contributed by atoms with E-state index in [9.17, 15) is 4.79 Å². The van der Waals surface area contributed by atoms with Crippen molar-refractivity contribution in [3.63, 3.8) is 0 Å². The largest absolute Gasteiger partial charge is 0.493 e. The Hall–Kier alpha value is -1.71. The fourth-order valence-corrected chi connectivity index (χ4v) is 2.94. The predicted octanol–water partition coefficient (Wildman–Crippen LogP) is 3.55. The summed E-state index contributed by atoms with van der Waals surface area (Å²) >= 11 is 0. The van der Waals surface area contributed by atoms with Crippen LogP contribution < -0.4 is 14.8 Å². The average molecular weight is 305 g/mol. The Morgan fingerprint density at radius 1 is 1.23 bits per heavy atom. The van der Waals surface area contributed by atoms with Gasteiger partial charge >= 0.3 is 0 Å². The zero-order valence-electron chi connectivity index (χ0n) is 13.6. The van der Waals surface area contributed by atoms with Crippen molar-refractivity contribution in [1.29, 1.82) is 0 Å². The molecule has 22 heavy (non-hydrogen) atoms. The highest BCUT2D eigenvalue weighted by molar-refractivity contribution is 5.81. The van der Waals surface area contributed by atoms with Gasteiger partial charge in [-0.2, -0.15) is 0 Å². The van der Waals surface area contributed by atoms with Gasteiger partial charge in [-0.05, 0) is 37.3 Å². The molecule has 0 aliphatic heterocycles. The molecule has 1 fully saturated rings. The molecule has 1 amide bonds. The van der Waals surface area contributed by atoms with E-state index in [4.69, 9.17) is 9.47 Å². The van der Waals surface area contributed by atoms with Crippen LogP contribution in [-0.4, -0.2) is 25.7 Å². The molecule has 1 saturated carbocycles. The van der Waals surface area contributed by atoms with E-state index in [1.54, 1.807) is 7.11 Å². The Balaban J connectivity index is 1.88. The van der Waals surface area contributed by atoms with Gasteiger partial charge in [0, 0.05) is 6.54 Å². The summed E-state index contributed by atoms with van der Waals surface area (Å²) in [5.41, 5.74) is 0. The molecule has 1 aliphatic rings. The van der Waals surface area contributed by atoms with Crippen molar-refractivity contribution in [3.8, 4) is 11.5 Å². The van der Waals surface area contributed by atoms with Crippen LogP contribution in [-0.2, 0) is 4.79 Å². The third kappa shape index (κ3) is 4.65. The second kappa shape index (κ2) is 8.66. The van der Waals surface area contributed by atoms with E-state index in [0.29, 0.717) is 23.8 Å². The molecule has 0 heterocycles. The molecule has 1 aliphatic carbocycles. The van der Waals surface area contributed by atoms with Gasteiger partial charge in [0.05, 0.1) is 7.11 Å². The van der Waals surface area contributed by atoms with Gasteiger partial charge in [0.15, 0.2) is 17.6 Å². The lowest BCUT2D eigenvalue weighted by atomic mass is 9.89. The second-order valence-corrected chi connectivity index (χ2v) is 5.91. The summed E-state index contributed by atoms with van der Waals surface area (Å²) in [7, 11) is 1.60. The number of carbonyl (C=O) groups excluding carboxylic acids is 1. The fourth-order valence-electron chi connectivity index (χ4n) is 2.94. The highest BCUT2D eigenvalue weighted by Crippen LogP contribution is 2.27. The molecular weight excluding hydrogens is 278 g/mol. The van der Waals surface area contributed by atoms with Crippen LogP contribution in [0.3, 0.4) is 0 Å². The van der Waals surface area contributed by atoms with Gasteiger partial charge < -0.3 is 14.8 Å². The number of rotatable bonds is 7. The molecule has 4 nitrogen and oxygen atoms in total. The second-order valence-electron chi connectivity index (χ2n) is 5.91. The predicted molar refractivity (Wildman–Crippen MR) is 87.3 cm³/mol. The lowest BCUT2D eigenvalue weighted by Gasteiger charge is -2.24. The van der Waals surface area contributed by atoms with Gasteiger partial charge in [0.2, 0.25) is 0 Å². The van der Waals surface area contributed by atoms with Crippen LogP contribution >= 0.6 is 0 Å². The van der Waals surface area contributed by atoms with Gasteiger partial charge in [-0.3, -0.25) is 4.79 Å². The van der Waals surface area contributed by atoms with Crippen molar-refractivity contribution >= 4 is 5.91 Å². The summed E-state index contributed by atoms with van der Waals surface area (Å²) in [5.74, 6) is 1.87. The van der Waals surface area contributed by atoms with Crippen molar-refractivity contribution in [2.24, 2.45) is 5.92 Å². The van der Waals surface area contributed by atoms with Crippen LogP contribution in [0.5, 0.6) is 11.5 Å². The van der Waals surface area contributed by atoms with E-state index in [1.807, 2.05) is 31.2 Å². The summed E-state index contributed by atoms with van der Waals surface area (Å²) in [5, 5.41) is 3.06. The maximum absolute atomic E-state index is 12.3. The van der Waals surface area contributed by atoms with E-state index < -0.39 is 6.10 Å². The number of nitrogens with one attached hydrogen (secondary N) is 1. The van der Waals surface area contributed by atoms with Gasteiger partial charge in [0.1, 0.15) is 0 Å². The molecule has 4 heteroatoms. The van der Waals surface area contributed by atoms with Crippen molar-refractivity contribution in [2.75, 3.05) is 13.7 Å². The topological polar surface area (TPSA) is 47.6 Å². The van der Waals surface area contributed by atoms with Crippen molar-refractivity contribution in [2.45, 2.75) is 51.6 Å². The molecule has 0 bridgehead atoms. The lowest BCUT2D eigenvalue weighted by Crippen LogP contribution is -2.40. The molecule has 0 aromatic heterocycles. The third-order valence-corrected chi connectivity index (χ3v) is 4.29. The molecule has 1 atom stereocenters. The first-order chi connectivity index (χ1) is 10.7. The van der Waals surface area contributed by atoms with Crippen LogP contribution in [0.25, 0.3) is 0 Å². The van der Waals surface area contributed by atoms with E-state index in [-0.39, 0.29) is 5.91 Å². The third-order valence-electron chi connectivity index (χ3n) is 4.29. The number of para-hydroxylation sites is 2. The number of amides is 1. The quantitative estimate of drug-likeness (QED) is 0.838. The average Bonchev–Trinajstić information content (AvgIpc) is 2.58. The molecule has 122 valence electrons. The molecule has 1 N–H and O–H groups in total. The minimum absolute atomic E-state index is 0.0287. The first-order valence-electron chi connectivity index (χ1n) is 8.32. The molecule has 1 aromatic rings. The van der Waals surface area contributed by atoms with Crippen LogP contribution in [0, 0.1) is 5.92 Å². The van der Waals surface area contributed by atoms with Crippen LogP contribution in [0.4, 0.5) is 0 Å². The number of ether oxygens (including phenoxy) is 2. The van der Waals surface area contributed by atoms with Gasteiger partial charge in [0.25, 0.3) is 5.91 Å². The first-order valence-corrected chi connectivity index (χ1v) is 8.32. The first kappa shape index (κ1) is 16.7. The van der Waals surface area contributed by atoms with Crippen molar-refractivity contribution in [3.05, 3.63) is 24.3 Å². The van der Waals surface area contributed by atoms with E-state index >= 15 is 0 Å². The molecular formula is C18H27NO3. The summed E-state index contributed by atoms with van der Waals surface area (Å²) in [4.78, 5) is 12.3. The fraction of sp³-hybridized carbons (Fsp3) is 0.611. The number of hydrogen-bond donors (Lipinski definition) is 1. The summed E-state index contributed by atoms with van der Waals surface area (Å²) in [6, 6.07) is 7.43. The zero-order chi connectivity index (χ0) is 15.8. The van der Waals surface area contributed by atoms with Crippen LogP contribution in [0.1, 0.15) is 45.4 Å². The maximum Gasteiger partial charge on any atom is 0.261 e. The van der Waals surface area contributed by atoms with E-state index in [1.165, 1.54) is 32.1 Å². The SMILES string of the molecule is CCC(Oc1ccccc1OC)C(=O)NCC1CCCCC1. The minimum Gasteiger partial charge on any atom is -0.493 e. The maximum atomic E-state index is 12.3. The lowest BCUT2D eigenvalue weighted by molar-refractivity contribution is -0.128. The highest BCUT2D eigenvalue weighted by Gasteiger charge is 2.21. The van der Waals surface area contributed by atoms with Crippen LogP contribution in [0.2, 0.25) is 0 Å². The Kier molecular flexibility index (Phi) is 6.56. The smallest absolute Gasteiger partial charge is 0.261 e. The van der Waals surface area contributed by atoms with Crippen molar-refractivity contribution in [1.82, 2.24) is 5.32 Å². The molecule has 1 unspecified atom stereocenters. The number of benzene rings is 1. The highest BCUT2D eigenvalue weighted by atomic mass is 16.5. The van der Waals surface area contributed by atoms with Gasteiger partial charge in [-0.25, -0.2) is 0 Å². The van der Waals surface area contributed by atoms with E-state index in [0.717, 1.165) is 6.54 Å². The summed E-state index contributed by atoms with van der Waals surface area (Å²) < 4.78 is 11.1.